The molecular formula is C20H19FN4O3S. The van der Waals surface area contributed by atoms with E-state index in [0.29, 0.717) is 22.1 Å². The van der Waals surface area contributed by atoms with Gasteiger partial charge in [0.15, 0.2) is 5.13 Å². The van der Waals surface area contributed by atoms with Crippen LogP contribution in [0.2, 0.25) is 0 Å². The van der Waals surface area contributed by atoms with Gasteiger partial charge in [-0.15, -0.1) is 0 Å². The molecule has 150 valence electrons. The molecule has 0 fully saturated rings. The highest BCUT2D eigenvalue weighted by Crippen LogP contribution is 2.36. The molecule has 0 saturated heterocycles. The van der Waals surface area contributed by atoms with Crippen LogP contribution in [0.4, 0.5) is 21.0 Å². The van der Waals surface area contributed by atoms with Crippen molar-refractivity contribution in [1.29, 1.82) is 0 Å². The Labute approximate surface area is 170 Å². The van der Waals surface area contributed by atoms with Crippen LogP contribution in [0.1, 0.15) is 22.2 Å². The van der Waals surface area contributed by atoms with Crippen LogP contribution in [0.25, 0.3) is 0 Å². The zero-order valence-electron chi connectivity index (χ0n) is 15.8. The van der Waals surface area contributed by atoms with Crippen molar-refractivity contribution in [2.75, 3.05) is 17.7 Å². The first-order valence-electron chi connectivity index (χ1n) is 8.61. The smallest absolute Gasteiger partial charge is 0.240 e. The van der Waals surface area contributed by atoms with Crippen LogP contribution in [-0.2, 0) is 4.79 Å². The molecule has 0 aliphatic carbocycles. The Morgan fingerprint density at radius 3 is 2.31 bits per heavy atom. The molecule has 3 aromatic rings. The highest BCUT2D eigenvalue weighted by atomic mass is 32.1. The first kappa shape index (κ1) is 20.3. The van der Waals surface area contributed by atoms with E-state index in [0.717, 1.165) is 11.3 Å². The maximum atomic E-state index is 13.3. The summed E-state index contributed by atoms with van der Waals surface area (Å²) >= 11 is 1.03. The lowest BCUT2D eigenvalue weighted by Crippen LogP contribution is -2.39. The number of ketones is 1. The average Bonchev–Trinajstić information content (AvgIpc) is 3.10. The van der Waals surface area contributed by atoms with Gasteiger partial charge in [0, 0.05) is 11.3 Å². The Kier molecular flexibility index (Phi) is 5.79. The zero-order chi connectivity index (χ0) is 21.1. The number of thiazole rings is 1. The third kappa shape index (κ3) is 4.19. The lowest BCUT2D eigenvalue weighted by Gasteiger charge is -2.26. The van der Waals surface area contributed by atoms with Crippen LogP contribution in [0.3, 0.4) is 0 Å². The van der Waals surface area contributed by atoms with Gasteiger partial charge in [-0.25, -0.2) is 9.37 Å². The number of benzene rings is 2. The minimum absolute atomic E-state index is 0.0367. The maximum absolute atomic E-state index is 13.3. The molecule has 1 aromatic heterocycles. The first-order chi connectivity index (χ1) is 13.8. The molecule has 2 aromatic carbocycles. The predicted octanol–water partition coefficient (Wildman–Crippen LogP) is 3.12. The summed E-state index contributed by atoms with van der Waals surface area (Å²) in [4.78, 5) is 30.7. The third-order valence-electron chi connectivity index (χ3n) is 4.31. The average molecular weight is 414 g/mol. The van der Waals surface area contributed by atoms with Crippen LogP contribution in [0, 0.1) is 5.82 Å². The quantitative estimate of drug-likeness (QED) is 0.575. The molecule has 1 atom stereocenters. The van der Waals surface area contributed by atoms with E-state index >= 15 is 0 Å². The second-order valence-electron chi connectivity index (χ2n) is 6.19. The molecule has 4 N–H and O–H groups in total. The van der Waals surface area contributed by atoms with Crippen LogP contribution >= 0.6 is 11.3 Å². The van der Waals surface area contributed by atoms with Gasteiger partial charge in [-0.05, 0) is 55.5 Å². The van der Waals surface area contributed by atoms with Crippen LogP contribution in [0.5, 0.6) is 5.75 Å². The molecule has 0 bridgehead atoms. The minimum Gasteiger partial charge on any atom is -0.497 e. The normalized spacial score (nSPS) is 11.7. The standard InChI is InChI=1S/C20H19FN4O3S/c1-11(19(23)27)25(14-7-5-13(21)6-8-14)20-24-18(22)17(29-20)16(26)12-3-9-15(28-2)10-4-12/h3-11H,22H2,1-2H3,(H2,23,27)/t11-/m1/s1. The monoisotopic (exact) mass is 414 g/mol. The SMILES string of the molecule is COc1ccc(C(=O)c2sc(N(c3ccc(F)cc3)[C@H](C)C(N)=O)nc2N)cc1. The summed E-state index contributed by atoms with van der Waals surface area (Å²) in [5.41, 5.74) is 12.4. The molecular weight excluding hydrogens is 395 g/mol. The van der Waals surface area contributed by atoms with Gasteiger partial charge in [-0.1, -0.05) is 11.3 Å². The number of anilines is 3. The summed E-state index contributed by atoms with van der Waals surface area (Å²) in [6.45, 7) is 1.59. The Morgan fingerprint density at radius 1 is 1.14 bits per heavy atom. The largest absolute Gasteiger partial charge is 0.497 e. The van der Waals surface area contributed by atoms with Gasteiger partial charge >= 0.3 is 0 Å². The number of hydrogen-bond donors (Lipinski definition) is 2. The van der Waals surface area contributed by atoms with Crippen molar-refractivity contribution in [2.45, 2.75) is 13.0 Å². The second kappa shape index (κ2) is 8.27. The lowest BCUT2D eigenvalue weighted by molar-refractivity contribution is -0.118. The molecule has 0 aliphatic rings. The molecule has 0 saturated carbocycles. The van der Waals surface area contributed by atoms with Gasteiger partial charge in [-0.3, -0.25) is 9.59 Å². The number of amides is 1. The number of halogens is 1. The van der Waals surface area contributed by atoms with Crippen molar-refractivity contribution in [2.24, 2.45) is 5.73 Å². The van der Waals surface area contributed by atoms with E-state index in [-0.39, 0.29) is 16.5 Å². The van der Waals surface area contributed by atoms with Gasteiger partial charge < -0.3 is 21.1 Å². The van der Waals surface area contributed by atoms with Crippen molar-refractivity contribution >= 4 is 39.7 Å². The zero-order valence-corrected chi connectivity index (χ0v) is 16.6. The molecule has 0 aliphatic heterocycles. The summed E-state index contributed by atoms with van der Waals surface area (Å²) in [5.74, 6) is -0.674. The summed E-state index contributed by atoms with van der Waals surface area (Å²) < 4.78 is 18.4. The molecule has 0 spiro atoms. The second-order valence-corrected chi connectivity index (χ2v) is 7.17. The summed E-state index contributed by atoms with van der Waals surface area (Å²) in [6.07, 6.45) is 0. The summed E-state index contributed by atoms with van der Waals surface area (Å²) in [7, 11) is 1.54. The van der Waals surface area contributed by atoms with E-state index in [2.05, 4.69) is 4.98 Å². The fourth-order valence-corrected chi connectivity index (χ4v) is 3.74. The minimum atomic E-state index is -0.796. The topological polar surface area (TPSA) is 112 Å². The third-order valence-corrected chi connectivity index (χ3v) is 5.38. The number of rotatable bonds is 7. The van der Waals surface area contributed by atoms with E-state index in [9.17, 15) is 14.0 Å². The number of nitrogens with two attached hydrogens (primary N) is 2. The number of aromatic nitrogens is 1. The number of primary amides is 1. The number of nitrogens with zero attached hydrogens (tertiary/aromatic N) is 2. The summed E-state index contributed by atoms with van der Waals surface area (Å²) in [6, 6.07) is 11.3. The Hall–Kier alpha value is -3.46. The lowest BCUT2D eigenvalue weighted by atomic mass is 10.1. The molecule has 0 unspecified atom stereocenters. The fourth-order valence-electron chi connectivity index (χ4n) is 2.69. The van der Waals surface area contributed by atoms with Gasteiger partial charge in [0.05, 0.1) is 7.11 Å². The van der Waals surface area contributed by atoms with Crippen molar-refractivity contribution in [1.82, 2.24) is 4.98 Å². The van der Waals surface area contributed by atoms with Crippen LogP contribution < -0.4 is 21.1 Å². The fraction of sp³-hybridized carbons (Fsp3) is 0.150. The van der Waals surface area contributed by atoms with E-state index < -0.39 is 17.8 Å². The van der Waals surface area contributed by atoms with E-state index in [1.54, 1.807) is 31.2 Å². The summed E-state index contributed by atoms with van der Waals surface area (Å²) in [5, 5.41) is 0.303. The van der Waals surface area contributed by atoms with Crippen LogP contribution in [0.15, 0.2) is 48.5 Å². The molecule has 7 nitrogen and oxygen atoms in total. The van der Waals surface area contributed by atoms with Crippen LogP contribution in [-0.4, -0.2) is 29.8 Å². The number of hydrogen-bond acceptors (Lipinski definition) is 7. The number of ether oxygens (including phenoxy) is 1. The van der Waals surface area contributed by atoms with E-state index in [4.69, 9.17) is 16.2 Å². The Morgan fingerprint density at radius 2 is 1.76 bits per heavy atom. The van der Waals surface area contributed by atoms with Gasteiger partial charge in [-0.2, -0.15) is 0 Å². The van der Waals surface area contributed by atoms with E-state index in [1.807, 2.05) is 0 Å². The predicted molar refractivity (Wildman–Crippen MR) is 110 cm³/mol. The number of methoxy groups -OCH3 is 1. The van der Waals surface area contributed by atoms with Crippen molar-refractivity contribution in [3.8, 4) is 5.75 Å². The first-order valence-corrected chi connectivity index (χ1v) is 9.42. The van der Waals surface area contributed by atoms with Gasteiger partial charge in [0.2, 0.25) is 11.7 Å². The number of nitrogen functional groups attached to an aromatic ring is 1. The number of carbonyl (C=O) groups is 2. The molecule has 3 rings (SSSR count). The molecule has 0 radical (unpaired) electrons. The van der Waals surface area contributed by atoms with Gasteiger partial charge in [0.25, 0.3) is 0 Å². The van der Waals surface area contributed by atoms with Crippen molar-refractivity contribution in [3.63, 3.8) is 0 Å². The molecule has 1 amide bonds. The Bertz CT molecular complexity index is 1030. The van der Waals surface area contributed by atoms with E-state index in [1.165, 1.54) is 36.3 Å². The molecule has 29 heavy (non-hydrogen) atoms. The highest BCUT2D eigenvalue weighted by molar-refractivity contribution is 7.18. The van der Waals surface area contributed by atoms with Crippen molar-refractivity contribution < 1.29 is 18.7 Å². The number of carbonyl (C=O) groups excluding carboxylic acids is 2. The highest BCUT2D eigenvalue weighted by Gasteiger charge is 2.27. The molecule has 1 heterocycles. The maximum Gasteiger partial charge on any atom is 0.240 e. The van der Waals surface area contributed by atoms with Crippen molar-refractivity contribution in [3.05, 3.63) is 64.8 Å². The molecule has 9 heteroatoms. The Balaban J connectivity index is 2.01. The van der Waals surface area contributed by atoms with Gasteiger partial charge in [0.1, 0.15) is 28.3 Å².